The molecule has 0 radical (unpaired) electrons. The van der Waals surface area contributed by atoms with E-state index >= 15 is 0 Å². The first-order valence-corrected chi connectivity index (χ1v) is 6.51. The fourth-order valence-electron chi connectivity index (χ4n) is 1.29. The molecular formula is C12H7BrFNO2S. The van der Waals surface area contributed by atoms with Gasteiger partial charge < -0.3 is 5.11 Å². The molecule has 2 rings (SSSR count). The maximum absolute atomic E-state index is 13.3. The van der Waals surface area contributed by atoms with Crippen molar-refractivity contribution < 1.29 is 14.3 Å². The predicted octanol–water partition coefficient (Wildman–Crippen LogP) is 3.91. The maximum Gasteiger partial charge on any atom is 0.356 e. The fourth-order valence-corrected chi connectivity index (χ4v) is 2.73. The van der Waals surface area contributed by atoms with Crippen LogP contribution in [0, 0.1) is 5.82 Å². The third kappa shape index (κ3) is 2.83. The molecule has 18 heavy (non-hydrogen) atoms. The molecule has 0 saturated heterocycles. The number of carbonyl (C=O) groups is 1. The van der Waals surface area contributed by atoms with Crippen molar-refractivity contribution in [1.29, 1.82) is 0 Å². The minimum Gasteiger partial charge on any atom is -0.476 e. The molecule has 2 aromatic rings. The molecule has 6 heteroatoms. The number of halogens is 2. The van der Waals surface area contributed by atoms with Crippen LogP contribution in [0.1, 0.15) is 21.1 Å². The zero-order valence-electron chi connectivity index (χ0n) is 8.93. The SMILES string of the molecule is O=C(O)c1nc(/C=C/c2ccccc2F)sc1Br. The molecule has 0 bridgehead atoms. The minimum absolute atomic E-state index is 0.0341. The lowest BCUT2D eigenvalue weighted by Gasteiger charge is -1.93. The van der Waals surface area contributed by atoms with Crippen molar-refractivity contribution in [3.05, 3.63) is 50.1 Å². The van der Waals surface area contributed by atoms with Crippen LogP contribution >= 0.6 is 27.3 Å². The second-order valence-corrected chi connectivity index (χ2v) is 5.68. The van der Waals surface area contributed by atoms with Crippen LogP contribution in [-0.4, -0.2) is 16.1 Å². The van der Waals surface area contributed by atoms with Crippen LogP contribution in [0.2, 0.25) is 0 Å². The molecule has 0 spiro atoms. The molecule has 1 aromatic carbocycles. The smallest absolute Gasteiger partial charge is 0.356 e. The molecule has 3 nitrogen and oxygen atoms in total. The summed E-state index contributed by atoms with van der Waals surface area (Å²) >= 11 is 4.31. The number of aromatic carboxylic acids is 1. The van der Waals surface area contributed by atoms with Gasteiger partial charge in [0.1, 0.15) is 14.6 Å². The Morgan fingerprint density at radius 1 is 1.39 bits per heavy atom. The van der Waals surface area contributed by atoms with Crippen LogP contribution < -0.4 is 0 Å². The highest BCUT2D eigenvalue weighted by Gasteiger charge is 2.13. The van der Waals surface area contributed by atoms with Gasteiger partial charge in [0.2, 0.25) is 0 Å². The van der Waals surface area contributed by atoms with Crippen molar-refractivity contribution in [3.8, 4) is 0 Å². The number of hydrogen-bond acceptors (Lipinski definition) is 3. The summed E-state index contributed by atoms with van der Waals surface area (Å²) in [4.78, 5) is 14.7. The highest BCUT2D eigenvalue weighted by Crippen LogP contribution is 2.26. The molecule has 0 unspecified atom stereocenters. The number of thiazole rings is 1. The molecule has 92 valence electrons. The van der Waals surface area contributed by atoms with Gasteiger partial charge in [-0.25, -0.2) is 14.2 Å². The van der Waals surface area contributed by atoms with E-state index in [1.807, 2.05) is 0 Å². The highest BCUT2D eigenvalue weighted by atomic mass is 79.9. The third-order valence-electron chi connectivity index (χ3n) is 2.12. The van der Waals surface area contributed by atoms with E-state index in [0.29, 0.717) is 14.4 Å². The molecule has 0 aliphatic rings. The maximum atomic E-state index is 13.3. The van der Waals surface area contributed by atoms with Crippen LogP contribution in [0.3, 0.4) is 0 Å². The van der Waals surface area contributed by atoms with Gasteiger partial charge in [0.15, 0.2) is 5.69 Å². The van der Waals surface area contributed by atoms with E-state index in [9.17, 15) is 9.18 Å². The van der Waals surface area contributed by atoms with Crippen molar-refractivity contribution in [1.82, 2.24) is 4.98 Å². The molecule has 0 saturated carbocycles. The Morgan fingerprint density at radius 2 is 2.11 bits per heavy atom. The molecule has 1 heterocycles. The van der Waals surface area contributed by atoms with E-state index in [1.54, 1.807) is 30.4 Å². The molecule has 0 atom stereocenters. The number of carboxylic acids is 1. The van der Waals surface area contributed by atoms with Crippen molar-refractivity contribution in [2.75, 3.05) is 0 Å². The number of hydrogen-bond donors (Lipinski definition) is 1. The Morgan fingerprint density at radius 3 is 2.72 bits per heavy atom. The lowest BCUT2D eigenvalue weighted by molar-refractivity contribution is 0.0690. The molecule has 0 amide bonds. The minimum atomic E-state index is -1.09. The van der Waals surface area contributed by atoms with Crippen molar-refractivity contribution in [3.63, 3.8) is 0 Å². The number of benzene rings is 1. The predicted molar refractivity (Wildman–Crippen MR) is 72.1 cm³/mol. The number of rotatable bonds is 3. The van der Waals surface area contributed by atoms with Gasteiger partial charge in [-0.15, -0.1) is 11.3 Å². The summed E-state index contributed by atoms with van der Waals surface area (Å²) in [6, 6.07) is 6.32. The summed E-state index contributed by atoms with van der Waals surface area (Å²) in [7, 11) is 0. The summed E-state index contributed by atoms with van der Waals surface area (Å²) in [6.07, 6.45) is 3.15. The van der Waals surface area contributed by atoms with E-state index < -0.39 is 5.97 Å². The monoisotopic (exact) mass is 327 g/mol. The molecule has 1 N–H and O–H groups in total. The second kappa shape index (κ2) is 5.41. The van der Waals surface area contributed by atoms with E-state index in [-0.39, 0.29) is 11.5 Å². The number of carboxylic acid groups (broad SMARTS) is 1. The van der Waals surface area contributed by atoms with Gasteiger partial charge in [0.05, 0.1) is 0 Å². The average molecular weight is 328 g/mol. The Kier molecular flexibility index (Phi) is 3.88. The van der Waals surface area contributed by atoms with Crippen molar-refractivity contribution >= 4 is 45.4 Å². The van der Waals surface area contributed by atoms with Gasteiger partial charge in [-0.3, -0.25) is 0 Å². The fraction of sp³-hybridized carbons (Fsp3) is 0. The van der Waals surface area contributed by atoms with Crippen molar-refractivity contribution in [2.24, 2.45) is 0 Å². The van der Waals surface area contributed by atoms with Gasteiger partial charge in [-0.1, -0.05) is 18.2 Å². The zero-order chi connectivity index (χ0) is 13.1. The lowest BCUT2D eigenvalue weighted by Crippen LogP contribution is -1.96. The molecule has 0 fully saturated rings. The normalized spacial score (nSPS) is 11.0. The van der Waals surface area contributed by atoms with Crippen LogP contribution in [0.5, 0.6) is 0 Å². The Hall–Kier alpha value is -1.53. The quantitative estimate of drug-likeness (QED) is 0.929. The van der Waals surface area contributed by atoms with E-state index in [1.165, 1.54) is 17.4 Å². The Balaban J connectivity index is 2.27. The zero-order valence-corrected chi connectivity index (χ0v) is 11.3. The van der Waals surface area contributed by atoms with E-state index in [2.05, 4.69) is 20.9 Å². The molecular weight excluding hydrogens is 321 g/mol. The summed E-state index contributed by atoms with van der Waals surface area (Å²) in [5, 5.41) is 9.34. The summed E-state index contributed by atoms with van der Waals surface area (Å²) < 4.78 is 13.8. The van der Waals surface area contributed by atoms with Crippen LogP contribution in [0.4, 0.5) is 4.39 Å². The molecule has 0 aliphatic heterocycles. The lowest BCUT2D eigenvalue weighted by atomic mass is 10.2. The van der Waals surface area contributed by atoms with Crippen LogP contribution in [-0.2, 0) is 0 Å². The first-order chi connectivity index (χ1) is 8.58. The third-order valence-corrected chi connectivity index (χ3v) is 3.79. The average Bonchev–Trinajstić information content (AvgIpc) is 2.70. The van der Waals surface area contributed by atoms with Gasteiger partial charge in [-0.05, 0) is 34.1 Å². The van der Waals surface area contributed by atoms with Gasteiger partial charge in [-0.2, -0.15) is 0 Å². The first kappa shape index (κ1) is 12.9. The van der Waals surface area contributed by atoms with Crippen molar-refractivity contribution in [2.45, 2.75) is 0 Å². The largest absolute Gasteiger partial charge is 0.476 e. The summed E-state index contributed by atoms with van der Waals surface area (Å²) in [6.45, 7) is 0. The van der Waals surface area contributed by atoms with Gasteiger partial charge in [0.25, 0.3) is 0 Å². The van der Waals surface area contributed by atoms with Crippen LogP contribution in [0.15, 0.2) is 28.1 Å². The summed E-state index contributed by atoms with van der Waals surface area (Å²) in [5.41, 5.74) is 0.397. The summed E-state index contributed by atoms with van der Waals surface area (Å²) in [5.74, 6) is -1.42. The second-order valence-electron chi connectivity index (χ2n) is 3.33. The first-order valence-electron chi connectivity index (χ1n) is 4.90. The van der Waals surface area contributed by atoms with E-state index in [4.69, 9.17) is 5.11 Å². The highest BCUT2D eigenvalue weighted by molar-refractivity contribution is 9.11. The molecule has 0 aliphatic carbocycles. The Bertz CT molecular complexity index is 624. The van der Waals surface area contributed by atoms with Gasteiger partial charge >= 0.3 is 5.97 Å². The molecule has 1 aromatic heterocycles. The Labute approximate surface area is 115 Å². The number of aromatic nitrogens is 1. The standard InChI is InChI=1S/C12H7BrFNO2S/c13-11-10(12(16)17)15-9(18-11)6-5-7-3-1-2-4-8(7)14/h1-6H,(H,16,17)/b6-5+. The topological polar surface area (TPSA) is 50.2 Å². The number of nitrogens with zero attached hydrogens (tertiary/aromatic N) is 1. The van der Waals surface area contributed by atoms with Crippen LogP contribution in [0.25, 0.3) is 12.2 Å². The van der Waals surface area contributed by atoms with E-state index in [0.717, 1.165) is 0 Å². The van der Waals surface area contributed by atoms with Gasteiger partial charge in [0, 0.05) is 5.56 Å².